The summed E-state index contributed by atoms with van der Waals surface area (Å²) >= 11 is 0. The average Bonchev–Trinajstić information content (AvgIpc) is 2.10. The summed E-state index contributed by atoms with van der Waals surface area (Å²) < 4.78 is 11.8. The largest absolute Gasteiger partial charge is 0.546 e. The fourth-order valence-corrected chi connectivity index (χ4v) is 3.22. The number of hydrogen-bond donors (Lipinski definition) is 0. The van der Waals surface area contributed by atoms with Crippen LogP contribution in [0.15, 0.2) is 11.8 Å². The molecule has 0 radical (unpaired) electrons. The zero-order valence-corrected chi connectivity index (χ0v) is 17.8. The van der Waals surface area contributed by atoms with E-state index in [-0.39, 0.29) is 16.0 Å². The number of rotatable bonds is 4. The van der Waals surface area contributed by atoms with Gasteiger partial charge in [-0.25, -0.2) is 4.79 Å². The molecule has 0 saturated heterocycles. The molecule has 21 heavy (non-hydrogen) atoms. The molecule has 0 N–H and O–H groups in total. The van der Waals surface area contributed by atoms with Crippen LogP contribution in [0.5, 0.6) is 0 Å². The lowest BCUT2D eigenvalue weighted by Gasteiger charge is -2.37. The molecule has 0 aromatic carbocycles. The van der Waals surface area contributed by atoms with Gasteiger partial charge in [-0.05, 0) is 43.2 Å². The summed E-state index contributed by atoms with van der Waals surface area (Å²) in [6.07, 6.45) is 1.50. The van der Waals surface area contributed by atoms with Crippen LogP contribution >= 0.6 is 0 Å². The Labute approximate surface area is 133 Å². The first kappa shape index (κ1) is 20.4. The summed E-state index contributed by atoms with van der Waals surface area (Å²) in [4.78, 5) is 12.1. The van der Waals surface area contributed by atoms with Gasteiger partial charge in [-0.2, -0.15) is 0 Å². The smallest absolute Gasteiger partial charge is 0.320 e. The zero-order valence-electron chi connectivity index (χ0n) is 15.8. The molecule has 0 aliphatic carbocycles. The summed E-state index contributed by atoms with van der Waals surface area (Å²) in [7, 11) is -3.96. The van der Waals surface area contributed by atoms with Gasteiger partial charge in [0.15, 0.2) is 0 Å². The van der Waals surface area contributed by atoms with Crippen molar-refractivity contribution in [3.8, 4) is 0 Å². The quantitative estimate of drug-likeness (QED) is 0.390. The molecule has 0 aromatic heterocycles. The minimum atomic E-state index is -2.07. The highest BCUT2D eigenvalue weighted by molar-refractivity contribution is 6.75. The van der Waals surface area contributed by atoms with Crippen LogP contribution in [0.25, 0.3) is 0 Å². The van der Waals surface area contributed by atoms with Crippen molar-refractivity contribution in [1.82, 2.24) is 0 Å². The van der Waals surface area contributed by atoms with Crippen LogP contribution in [0.4, 0.5) is 0 Å². The van der Waals surface area contributed by atoms with Crippen molar-refractivity contribution < 1.29 is 13.6 Å². The molecule has 0 fully saturated rings. The van der Waals surface area contributed by atoms with Gasteiger partial charge in [0.25, 0.3) is 8.32 Å². The van der Waals surface area contributed by atoms with Gasteiger partial charge in [0.1, 0.15) is 0 Å². The van der Waals surface area contributed by atoms with Gasteiger partial charge in [-0.3, -0.25) is 0 Å². The molecule has 0 aliphatic rings. The first-order valence-electron chi connectivity index (χ1n) is 7.60. The van der Waals surface area contributed by atoms with Crippen molar-refractivity contribution in [2.75, 3.05) is 0 Å². The van der Waals surface area contributed by atoms with E-state index in [0.29, 0.717) is 5.76 Å². The SMILES string of the molecule is C/C(=C\C(=O)O[Si](C)(C)C(C)(C)C)O[Si](C)(C)C(C)(C)C. The zero-order chi connectivity index (χ0) is 17.3. The van der Waals surface area contributed by atoms with Crippen molar-refractivity contribution in [2.45, 2.75) is 84.7 Å². The molecule has 5 heteroatoms. The first-order valence-corrected chi connectivity index (χ1v) is 13.4. The van der Waals surface area contributed by atoms with Crippen molar-refractivity contribution in [1.29, 1.82) is 0 Å². The van der Waals surface area contributed by atoms with Crippen LogP contribution in [0, 0.1) is 0 Å². The van der Waals surface area contributed by atoms with Gasteiger partial charge >= 0.3 is 5.97 Å². The maximum Gasteiger partial charge on any atom is 0.320 e. The van der Waals surface area contributed by atoms with E-state index in [4.69, 9.17) is 8.85 Å². The van der Waals surface area contributed by atoms with E-state index in [0.717, 1.165) is 0 Å². The summed E-state index contributed by atoms with van der Waals surface area (Å²) in [6, 6.07) is 0. The number of allylic oxidation sites excluding steroid dienone is 1. The normalized spacial score (nSPS) is 14.9. The third-order valence-corrected chi connectivity index (χ3v) is 13.5. The van der Waals surface area contributed by atoms with Crippen molar-refractivity contribution in [3.05, 3.63) is 11.8 Å². The standard InChI is InChI=1S/C16H34O3Si2/c1-13(18-20(8,9)15(2,3)4)12-14(17)19-21(10,11)16(5,6)7/h12H,1-11H3/b13-12+. The highest BCUT2D eigenvalue weighted by atomic mass is 28.4. The molecular formula is C16H34O3Si2. The molecule has 0 heterocycles. The Balaban J connectivity index is 4.92. The molecule has 0 bridgehead atoms. The van der Waals surface area contributed by atoms with Crippen LogP contribution in [-0.4, -0.2) is 22.6 Å². The van der Waals surface area contributed by atoms with E-state index in [1.807, 2.05) is 6.92 Å². The van der Waals surface area contributed by atoms with Crippen molar-refractivity contribution >= 4 is 22.6 Å². The molecule has 3 nitrogen and oxygen atoms in total. The van der Waals surface area contributed by atoms with E-state index < -0.39 is 16.6 Å². The molecule has 0 saturated carbocycles. The van der Waals surface area contributed by atoms with Gasteiger partial charge in [0.05, 0.1) is 11.8 Å². The van der Waals surface area contributed by atoms with Crippen molar-refractivity contribution in [2.24, 2.45) is 0 Å². The monoisotopic (exact) mass is 330 g/mol. The minimum absolute atomic E-state index is 0.0185. The van der Waals surface area contributed by atoms with Gasteiger partial charge < -0.3 is 8.85 Å². The maximum atomic E-state index is 12.1. The van der Waals surface area contributed by atoms with E-state index >= 15 is 0 Å². The number of carbonyl (C=O) groups is 1. The lowest BCUT2D eigenvalue weighted by molar-refractivity contribution is -0.130. The fourth-order valence-electron chi connectivity index (χ4n) is 1.19. The topological polar surface area (TPSA) is 35.5 Å². The predicted octanol–water partition coefficient (Wildman–Crippen LogP) is 5.46. The van der Waals surface area contributed by atoms with Crippen LogP contribution < -0.4 is 0 Å². The Bertz CT molecular complexity index is 410. The Morgan fingerprint density at radius 2 is 1.14 bits per heavy atom. The minimum Gasteiger partial charge on any atom is -0.546 e. The third-order valence-electron chi connectivity index (χ3n) is 4.71. The van der Waals surface area contributed by atoms with Crippen LogP contribution in [0.2, 0.25) is 36.3 Å². The summed E-state index contributed by atoms with van der Waals surface area (Å²) in [5, 5.41) is 0.135. The number of carbonyl (C=O) groups excluding carboxylic acids is 1. The first-order chi connectivity index (χ1) is 8.99. The lowest BCUT2D eigenvalue weighted by atomic mass is 10.2. The Hall–Kier alpha value is -0.556. The van der Waals surface area contributed by atoms with Gasteiger partial charge in [-0.15, -0.1) is 0 Å². The summed E-state index contributed by atoms with van der Waals surface area (Å²) in [5.74, 6) is 0.378. The molecule has 0 unspecified atom stereocenters. The molecule has 0 aliphatic heterocycles. The molecule has 0 amide bonds. The second kappa shape index (κ2) is 6.28. The Morgan fingerprint density at radius 3 is 1.48 bits per heavy atom. The highest BCUT2D eigenvalue weighted by Crippen LogP contribution is 2.38. The van der Waals surface area contributed by atoms with Crippen LogP contribution in [0.1, 0.15) is 48.5 Å². The molecule has 124 valence electrons. The second-order valence-electron chi connectivity index (χ2n) is 8.80. The van der Waals surface area contributed by atoms with Gasteiger partial charge in [0.2, 0.25) is 8.32 Å². The molecule has 0 atom stereocenters. The summed E-state index contributed by atoms with van der Waals surface area (Å²) in [6.45, 7) is 23.2. The molecular weight excluding hydrogens is 296 g/mol. The average molecular weight is 331 g/mol. The van der Waals surface area contributed by atoms with Gasteiger partial charge in [0, 0.05) is 0 Å². The summed E-state index contributed by atoms with van der Waals surface area (Å²) in [5.41, 5.74) is 0. The van der Waals surface area contributed by atoms with Gasteiger partial charge in [-0.1, -0.05) is 41.5 Å². The maximum absolute atomic E-state index is 12.1. The van der Waals surface area contributed by atoms with E-state index in [2.05, 4.69) is 67.7 Å². The highest BCUT2D eigenvalue weighted by Gasteiger charge is 2.41. The molecule has 0 rings (SSSR count). The van der Waals surface area contributed by atoms with E-state index in [1.165, 1.54) is 6.08 Å². The predicted molar refractivity (Wildman–Crippen MR) is 95.3 cm³/mol. The Morgan fingerprint density at radius 1 is 0.810 bits per heavy atom. The second-order valence-corrected chi connectivity index (χ2v) is 18.2. The number of hydrogen-bond acceptors (Lipinski definition) is 3. The van der Waals surface area contributed by atoms with E-state index in [1.54, 1.807) is 0 Å². The molecule has 0 aromatic rings. The fraction of sp³-hybridized carbons (Fsp3) is 0.812. The van der Waals surface area contributed by atoms with Crippen LogP contribution in [0.3, 0.4) is 0 Å². The van der Waals surface area contributed by atoms with Crippen LogP contribution in [-0.2, 0) is 13.6 Å². The van der Waals surface area contributed by atoms with Crippen molar-refractivity contribution in [3.63, 3.8) is 0 Å². The lowest BCUT2D eigenvalue weighted by Crippen LogP contribution is -2.42. The Kier molecular flexibility index (Phi) is 6.12. The molecule has 0 spiro atoms. The van der Waals surface area contributed by atoms with E-state index in [9.17, 15) is 4.79 Å². The third kappa shape index (κ3) is 5.98.